The Morgan fingerprint density at radius 1 is 1.33 bits per heavy atom. The summed E-state index contributed by atoms with van der Waals surface area (Å²) in [5.74, 6) is 2.13. The summed E-state index contributed by atoms with van der Waals surface area (Å²) in [6.07, 6.45) is 3.98. The van der Waals surface area contributed by atoms with E-state index in [1.807, 2.05) is 13.1 Å². The number of nitrogens with two attached hydrogens (primary N) is 1. The van der Waals surface area contributed by atoms with Gasteiger partial charge in [0.2, 0.25) is 0 Å². The van der Waals surface area contributed by atoms with Gasteiger partial charge in [-0.05, 0) is 45.1 Å². The topological polar surface area (TPSA) is 48.1 Å². The highest BCUT2D eigenvalue weighted by Gasteiger charge is 2.15. The number of nitrogens with zero attached hydrogens (tertiary/aromatic N) is 1. The van der Waals surface area contributed by atoms with E-state index in [1.165, 1.54) is 0 Å². The minimum atomic E-state index is 0.503. The third-order valence-electron chi connectivity index (χ3n) is 3.37. The van der Waals surface area contributed by atoms with Crippen LogP contribution in [-0.2, 0) is 6.42 Å². The Kier molecular flexibility index (Phi) is 5.60. The molecule has 0 aliphatic carbocycles. The zero-order chi connectivity index (χ0) is 13.7. The maximum absolute atomic E-state index is 5.86. The normalized spacial score (nSPS) is 12.8. The smallest absolute Gasteiger partial charge is 0.128 e. The van der Waals surface area contributed by atoms with Crippen LogP contribution in [0.25, 0.3) is 0 Å². The first-order chi connectivity index (χ1) is 8.49. The third-order valence-corrected chi connectivity index (χ3v) is 3.37. The Hall–Kier alpha value is -1.09. The van der Waals surface area contributed by atoms with Gasteiger partial charge < -0.3 is 10.5 Å². The second-order valence-electron chi connectivity index (χ2n) is 5.48. The van der Waals surface area contributed by atoms with Crippen molar-refractivity contribution in [3.8, 4) is 5.75 Å². The van der Waals surface area contributed by atoms with Crippen molar-refractivity contribution in [2.75, 3.05) is 13.7 Å². The van der Waals surface area contributed by atoms with Crippen molar-refractivity contribution in [2.45, 2.75) is 40.5 Å². The molecule has 0 amide bonds. The number of hydrogen-bond acceptors (Lipinski definition) is 3. The summed E-state index contributed by atoms with van der Waals surface area (Å²) in [4.78, 5) is 4.55. The summed E-state index contributed by atoms with van der Waals surface area (Å²) in [5, 5.41) is 0. The number of rotatable bonds is 6. The van der Waals surface area contributed by atoms with Gasteiger partial charge in [-0.15, -0.1) is 0 Å². The summed E-state index contributed by atoms with van der Waals surface area (Å²) >= 11 is 0. The third kappa shape index (κ3) is 3.70. The Morgan fingerprint density at radius 3 is 2.50 bits per heavy atom. The van der Waals surface area contributed by atoms with Crippen LogP contribution < -0.4 is 10.5 Å². The maximum atomic E-state index is 5.86. The molecule has 0 fully saturated rings. The van der Waals surface area contributed by atoms with Crippen LogP contribution in [0, 0.1) is 25.7 Å². The highest BCUT2D eigenvalue weighted by molar-refractivity contribution is 5.41. The van der Waals surface area contributed by atoms with E-state index in [1.54, 1.807) is 7.11 Å². The molecule has 1 aromatic rings. The van der Waals surface area contributed by atoms with Crippen molar-refractivity contribution in [1.29, 1.82) is 0 Å². The van der Waals surface area contributed by atoms with E-state index in [-0.39, 0.29) is 0 Å². The van der Waals surface area contributed by atoms with Crippen LogP contribution in [0.2, 0.25) is 0 Å². The van der Waals surface area contributed by atoms with E-state index in [2.05, 4.69) is 25.8 Å². The molecule has 0 radical (unpaired) electrons. The molecule has 3 nitrogen and oxygen atoms in total. The van der Waals surface area contributed by atoms with Crippen LogP contribution in [0.15, 0.2) is 6.20 Å². The average molecular weight is 250 g/mol. The molecule has 0 aromatic carbocycles. The molecule has 0 aliphatic rings. The minimum Gasteiger partial charge on any atom is -0.496 e. The number of aromatic nitrogens is 1. The number of pyridine rings is 1. The van der Waals surface area contributed by atoms with Crippen LogP contribution in [0.4, 0.5) is 0 Å². The largest absolute Gasteiger partial charge is 0.496 e. The Balaban J connectivity index is 2.90. The van der Waals surface area contributed by atoms with Crippen LogP contribution >= 0.6 is 0 Å². The summed E-state index contributed by atoms with van der Waals surface area (Å²) < 4.78 is 5.44. The molecule has 18 heavy (non-hydrogen) atoms. The zero-order valence-electron chi connectivity index (χ0n) is 12.3. The Labute approximate surface area is 111 Å². The molecule has 0 saturated heterocycles. The number of methoxy groups -OCH3 is 1. The monoisotopic (exact) mass is 250 g/mol. The van der Waals surface area contributed by atoms with Gasteiger partial charge in [0.15, 0.2) is 0 Å². The molecule has 1 unspecified atom stereocenters. The van der Waals surface area contributed by atoms with Gasteiger partial charge in [0.05, 0.1) is 7.11 Å². The lowest BCUT2D eigenvalue weighted by Crippen LogP contribution is -2.20. The molecule has 1 rings (SSSR count). The van der Waals surface area contributed by atoms with Gasteiger partial charge in [0.1, 0.15) is 5.75 Å². The van der Waals surface area contributed by atoms with Crippen LogP contribution in [0.3, 0.4) is 0 Å². The van der Waals surface area contributed by atoms with Gasteiger partial charge in [-0.3, -0.25) is 4.98 Å². The average Bonchev–Trinajstić information content (AvgIpc) is 2.31. The van der Waals surface area contributed by atoms with Gasteiger partial charge in [0.25, 0.3) is 0 Å². The summed E-state index contributed by atoms with van der Waals surface area (Å²) in [6, 6.07) is 0. The van der Waals surface area contributed by atoms with Crippen LogP contribution in [-0.4, -0.2) is 18.6 Å². The van der Waals surface area contributed by atoms with Crippen LogP contribution in [0.5, 0.6) is 5.75 Å². The Bertz CT molecular complexity index is 388. The molecule has 0 saturated carbocycles. The quantitative estimate of drug-likeness (QED) is 0.844. The number of ether oxygens (including phenoxy) is 1. The standard InChI is InChI=1S/C15H26N2O/c1-10(2)6-13(8-16)7-14-12(4)15(18-5)11(3)9-17-14/h9-10,13H,6-8,16H2,1-5H3. The first-order valence-electron chi connectivity index (χ1n) is 6.68. The first-order valence-corrected chi connectivity index (χ1v) is 6.68. The molecule has 0 aliphatic heterocycles. The fraction of sp³-hybridized carbons (Fsp3) is 0.667. The van der Waals surface area contributed by atoms with E-state index >= 15 is 0 Å². The van der Waals surface area contributed by atoms with Crippen molar-refractivity contribution in [2.24, 2.45) is 17.6 Å². The molecular weight excluding hydrogens is 224 g/mol. The summed E-state index contributed by atoms with van der Waals surface area (Å²) in [5.41, 5.74) is 9.22. The molecule has 0 spiro atoms. The molecule has 1 heterocycles. The predicted molar refractivity (Wildman–Crippen MR) is 76.0 cm³/mol. The minimum absolute atomic E-state index is 0.503. The van der Waals surface area contributed by atoms with E-state index in [4.69, 9.17) is 10.5 Å². The molecular formula is C15H26N2O. The van der Waals surface area contributed by atoms with E-state index in [0.29, 0.717) is 11.8 Å². The molecule has 0 bridgehead atoms. The van der Waals surface area contributed by atoms with Crippen molar-refractivity contribution in [3.63, 3.8) is 0 Å². The van der Waals surface area contributed by atoms with Crippen molar-refractivity contribution in [1.82, 2.24) is 4.98 Å². The van der Waals surface area contributed by atoms with Gasteiger partial charge in [-0.25, -0.2) is 0 Å². The predicted octanol–water partition coefficient (Wildman–Crippen LogP) is 2.87. The second-order valence-corrected chi connectivity index (χ2v) is 5.48. The van der Waals surface area contributed by atoms with Crippen LogP contribution in [0.1, 0.15) is 37.1 Å². The second kappa shape index (κ2) is 6.74. The van der Waals surface area contributed by atoms with Gasteiger partial charge >= 0.3 is 0 Å². The Morgan fingerprint density at radius 2 is 2.00 bits per heavy atom. The van der Waals surface area contributed by atoms with Gasteiger partial charge in [-0.1, -0.05) is 13.8 Å². The molecule has 1 atom stereocenters. The highest BCUT2D eigenvalue weighted by atomic mass is 16.5. The first kappa shape index (κ1) is 15.0. The molecule has 102 valence electrons. The number of aryl methyl sites for hydroxylation is 1. The summed E-state index contributed by atoms with van der Waals surface area (Å²) in [7, 11) is 1.72. The highest BCUT2D eigenvalue weighted by Crippen LogP contribution is 2.26. The fourth-order valence-corrected chi connectivity index (χ4v) is 2.48. The molecule has 2 N–H and O–H groups in total. The fourth-order valence-electron chi connectivity index (χ4n) is 2.48. The molecule has 1 aromatic heterocycles. The van der Waals surface area contributed by atoms with E-state index in [9.17, 15) is 0 Å². The zero-order valence-corrected chi connectivity index (χ0v) is 12.3. The lowest BCUT2D eigenvalue weighted by atomic mass is 9.91. The lowest BCUT2D eigenvalue weighted by molar-refractivity contribution is 0.398. The van der Waals surface area contributed by atoms with Gasteiger partial charge in [0, 0.05) is 23.0 Å². The summed E-state index contributed by atoms with van der Waals surface area (Å²) in [6.45, 7) is 9.29. The van der Waals surface area contributed by atoms with Crippen molar-refractivity contribution < 1.29 is 4.74 Å². The SMILES string of the molecule is COc1c(C)cnc(CC(CN)CC(C)C)c1C. The van der Waals surface area contributed by atoms with Gasteiger partial charge in [-0.2, -0.15) is 0 Å². The van der Waals surface area contributed by atoms with Crippen molar-refractivity contribution >= 4 is 0 Å². The number of hydrogen-bond donors (Lipinski definition) is 1. The lowest BCUT2D eigenvalue weighted by Gasteiger charge is -2.19. The maximum Gasteiger partial charge on any atom is 0.128 e. The van der Waals surface area contributed by atoms with Crippen molar-refractivity contribution in [3.05, 3.63) is 23.0 Å². The van der Waals surface area contributed by atoms with E-state index < -0.39 is 0 Å². The van der Waals surface area contributed by atoms with E-state index in [0.717, 1.165) is 42.0 Å². The molecule has 3 heteroatoms.